The molecule has 1 aromatic heterocycles. The van der Waals surface area contributed by atoms with Gasteiger partial charge in [0.05, 0.1) is 4.47 Å². The first kappa shape index (κ1) is 13.5. The van der Waals surface area contributed by atoms with Gasteiger partial charge in [0.1, 0.15) is 18.7 Å². The van der Waals surface area contributed by atoms with E-state index in [9.17, 15) is 9.18 Å². The third-order valence-corrected chi connectivity index (χ3v) is 3.01. The Morgan fingerprint density at radius 1 is 1.58 bits per heavy atom. The molecule has 100 valence electrons. The zero-order chi connectivity index (χ0) is 14.0. The van der Waals surface area contributed by atoms with Gasteiger partial charge in [0.15, 0.2) is 0 Å². The average Bonchev–Trinajstić information content (AvgIpc) is 2.71. The number of nitrogens with two attached hydrogens (primary N) is 1. The summed E-state index contributed by atoms with van der Waals surface area (Å²) in [5.41, 5.74) is 6.51. The number of rotatable bonds is 3. The summed E-state index contributed by atoms with van der Waals surface area (Å²) in [4.78, 5) is 15.5. The molecule has 0 saturated carbocycles. The Labute approximate surface area is 116 Å². The first-order chi connectivity index (χ1) is 8.95. The van der Waals surface area contributed by atoms with Gasteiger partial charge in [-0.25, -0.2) is 14.1 Å². The Bertz CT molecular complexity index is 628. The molecule has 0 saturated heterocycles. The lowest BCUT2D eigenvalue weighted by Gasteiger charge is -2.09. The van der Waals surface area contributed by atoms with Crippen LogP contribution in [0.2, 0.25) is 0 Å². The third-order valence-electron chi connectivity index (χ3n) is 2.40. The molecule has 0 bridgehead atoms. The van der Waals surface area contributed by atoms with Gasteiger partial charge in [-0.1, -0.05) is 0 Å². The second-order valence-corrected chi connectivity index (χ2v) is 4.78. The second kappa shape index (κ2) is 5.35. The lowest BCUT2D eigenvalue weighted by molar-refractivity contribution is -0.116. The smallest absolute Gasteiger partial charge is 0.246 e. The van der Waals surface area contributed by atoms with E-state index >= 15 is 0 Å². The standard InChI is InChI=1S/C11H11BrFN5O/c1-6-2-8(13)7(12)3-9(6)16-10(19)4-18-5-15-11(14)17-18/h2-3,5H,4H2,1H3,(H2,14,17)(H,16,19). The molecule has 0 fully saturated rings. The third kappa shape index (κ3) is 3.28. The molecule has 2 rings (SSSR count). The largest absolute Gasteiger partial charge is 0.367 e. The van der Waals surface area contributed by atoms with Gasteiger partial charge in [0.2, 0.25) is 11.9 Å². The summed E-state index contributed by atoms with van der Waals surface area (Å²) in [7, 11) is 0. The van der Waals surface area contributed by atoms with Crippen LogP contribution in [0.3, 0.4) is 0 Å². The van der Waals surface area contributed by atoms with Crippen LogP contribution in [0.15, 0.2) is 22.9 Å². The van der Waals surface area contributed by atoms with Crippen LogP contribution in [0.4, 0.5) is 16.0 Å². The van der Waals surface area contributed by atoms with Crippen molar-refractivity contribution < 1.29 is 9.18 Å². The summed E-state index contributed by atoms with van der Waals surface area (Å²) in [5.74, 6) is -0.570. The molecule has 1 aromatic carbocycles. The summed E-state index contributed by atoms with van der Waals surface area (Å²) in [6.45, 7) is 1.69. The van der Waals surface area contributed by atoms with Gasteiger partial charge in [-0.05, 0) is 40.5 Å². The molecule has 8 heteroatoms. The monoisotopic (exact) mass is 327 g/mol. The van der Waals surface area contributed by atoms with Crippen molar-refractivity contribution in [3.63, 3.8) is 0 Å². The predicted octanol–water partition coefficient (Wildman–Crippen LogP) is 1.71. The molecule has 1 amide bonds. The topological polar surface area (TPSA) is 85.8 Å². The Morgan fingerprint density at radius 3 is 2.95 bits per heavy atom. The fraction of sp³-hybridized carbons (Fsp3) is 0.182. The van der Waals surface area contributed by atoms with E-state index in [1.165, 1.54) is 23.1 Å². The molecule has 3 N–H and O–H groups in total. The maximum absolute atomic E-state index is 13.3. The predicted molar refractivity (Wildman–Crippen MR) is 71.9 cm³/mol. The minimum absolute atomic E-state index is 0.0152. The first-order valence-electron chi connectivity index (χ1n) is 5.36. The maximum Gasteiger partial charge on any atom is 0.246 e. The number of amides is 1. The van der Waals surface area contributed by atoms with Crippen molar-refractivity contribution in [1.29, 1.82) is 0 Å². The number of nitrogen functional groups attached to an aromatic ring is 1. The lowest BCUT2D eigenvalue weighted by atomic mass is 10.2. The number of hydrogen-bond acceptors (Lipinski definition) is 4. The Kier molecular flexibility index (Phi) is 3.79. The highest BCUT2D eigenvalue weighted by molar-refractivity contribution is 9.10. The van der Waals surface area contributed by atoms with Crippen molar-refractivity contribution in [1.82, 2.24) is 14.8 Å². The SMILES string of the molecule is Cc1cc(F)c(Br)cc1NC(=O)Cn1cnc(N)n1. The summed E-state index contributed by atoms with van der Waals surface area (Å²) in [6, 6.07) is 2.85. The quantitative estimate of drug-likeness (QED) is 0.898. The fourth-order valence-corrected chi connectivity index (χ4v) is 1.85. The van der Waals surface area contributed by atoms with Gasteiger partial charge < -0.3 is 11.1 Å². The summed E-state index contributed by atoms with van der Waals surface area (Å²) < 4.78 is 14.9. The highest BCUT2D eigenvalue weighted by Crippen LogP contribution is 2.24. The molecule has 6 nitrogen and oxygen atoms in total. The van der Waals surface area contributed by atoms with Crippen molar-refractivity contribution in [3.05, 3.63) is 34.3 Å². The van der Waals surface area contributed by atoms with Gasteiger partial charge in [0, 0.05) is 5.69 Å². The molecule has 0 radical (unpaired) electrons. The number of aryl methyl sites for hydroxylation is 1. The maximum atomic E-state index is 13.3. The van der Waals surface area contributed by atoms with E-state index in [2.05, 4.69) is 31.3 Å². The van der Waals surface area contributed by atoms with Gasteiger partial charge in [0.25, 0.3) is 0 Å². The average molecular weight is 328 g/mol. The fourth-order valence-electron chi connectivity index (χ4n) is 1.50. The molecule has 19 heavy (non-hydrogen) atoms. The van der Waals surface area contributed by atoms with Crippen molar-refractivity contribution in [3.8, 4) is 0 Å². The van der Waals surface area contributed by atoms with Crippen molar-refractivity contribution in [2.45, 2.75) is 13.5 Å². The zero-order valence-corrected chi connectivity index (χ0v) is 11.6. The van der Waals surface area contributed by atoms with Gasteiger partial charge in [-0.15, -0.1) is 5.10 Å². The van der Waals surface area contributed by atoms with E-state index in [-0.39, 0.29) is 24.2 Å². The molecule has 0 spiro atoms. The number of aromatic nitrogens is 3. The van der Waals surface area contributed by atoms with E-state index in [1.807, 2.05) is 0 Å². The molecular formula is C11H11BrFN5O. The van der Waals surface area contributed by atoms with E-state index < -0.39 is 0 Å². The molecule has 0 aliphatic carbocycles. The van der Waals surface area contributed by atoms with E-state index in [0.717, 1.165) is 0 Å². The number of carbonyl (C=O) groups is 1. The molecule has 1 heterocycles. The molecule has 2 aromatic rings. The summed E-state index contributed by atoms with van der Waals surface area (Å²) in [5, 5.41) is 6.47. The number of benzene rings is 1. The van der Waals surface area contributed by atoms with Crippen LogP contribution >= 0.6 is 15.9 Å². The first-order valence-corrected chi connectivity index (χ1v) is 6.15. The van der Waals surface area contributed by atoms with Crippen LogP contribution in [-0.2, 0) is 11.3 Å². The van der Waals surface area contributed by atoms with Crippen LogP contribution in [0.1, 0.15) is 5.56 Å². The lowest BCUT2D eigenvalue weighted by Crippen LogP contribution is -2.19. The number of nitrogens with zero attached hydrogens (tertiary/aromatic N) is 3. The Balaban J connectivity index is 2.09. The minimum Gasteiger partial charge on any atom is -0.367 e. The molecular weight excluding hydrogens is 317 g/mol. The molecule has 0 unspecified atom stereocenters. The van der Waals surface area contributed by atoms with Crippen LogP contribution in [0.25, 0.3) is 0 Å². The number of anilines is 2. The van der Waals surface area contributed by atoms with Crippen LogP contribution < -0.4 is 11.1 Å². The number of halogens is 2. The van der Waals surface area contributed by atoms with Gasteiger partial charge in [-0.3, -0.25) is 4.79 Å². The minimum atomic E-state index is -0.375. The molecule has 0 aliphatic rings. The normalized spacial score (nSPS) is 10.5. The van der Waals surface area contributed by atoms with E-state index in [1.54, 1.807) is 6.92 Å². The second-order valence-electron chi connectivity index (χ2n) is 3.93. The molecule has 0 atom stereocenters. The van der Waals surface area contributed by atoms with E-state index in [0.29, 0.717) is 15.7 Å². The van der Waals surface area contributed by atoms with Crippen molar-refractivity contribution in [2.24, 2.45) is 0 Å². The Hall–Kier alpha value is -1.96. The number of carbonyl (C=O) groups excluding carboxylic acids is 1. The van der Waals surface area contributed by atoms with Crippen LogP contribution in [0, 0.1) is 12.7 Å². The zero-order valence-electron chi connectivity index (χ0n) is 10.0. The van der Waals surface area contributed by atoms with E-state index in [4.69, 9.17) is 5.73 Å². The highest BCUT2D eigenvalue weighted by atomic mass is 79.9. The van der Waals surface area contributed by atoms with Crippen LogP contribution in [-0.4, -0.2) is 20.7 Å². The van der Waals surface area contributed by atoms with Gasteiger partial charge >= 0.3 is 0 Å². The Morgan fingerprint density at radius 2 is 2.32 bits per heavy atom. The number of nitrogens with one attached hydrogen (secondary N) is 1. The van der Waals surface area contributed by atoms with Crippen molar-refractivity contribution >= 4 is 33.5 Å². The summed E-state index contributed by atoms with van der Waals surface area (Å²) >= 11 is 3.07. The number of hydrogen-bond donors (Lipinski definition) is 2. The molecule has 0 aliphatic heterocycles. The van der Waals surface area contributed by atoms with Gasteiger partial charge in [-0.2, -0.15) is 0 Å². The highest BCUT2D eigenvalue weighted by Gasteiger charge is 2.09. The van der Waals surface area contributed by atoms with Crippen molar-refractivity contribution in [2.75, 3.05) is 11.1 Å². The summed E-state index contributed by atoms with van der Waals surface area (Å²) in [6.07, 6.45) is 1.36. The van der Waals surface area contributed by atoms with Crippen LogP contribution in [0.5, 0.6) is 0 Å².